The highest BCUT2D eigenvalue weighted by Crippen LogP contribution is 2.52. The van der Waals surface area contributed by atoms with Gasteiger partial charge in [0, 0.05) is 6.54 Å². The van der Waals surface area contributed by atoms with Gasteiger partial charge in [-0.2, -0.15) is 0 Å². The average molecular weight is 332 g/mol. The van der Waals surface area contributed by atoms with E-state index in [1.54, 1.807) is 0 Å². The van der Waals surface area contributed by atoms with Crippen molar-refractivity contribution in [2.45, 2.75) is 65.4 Å². The summed E-state index contributed by atoms with van der Waals surface area (Å²) in [5.41, 5.74) is 3.03. The third-order valence-corrected chi connectivity index (χ3v) is 5.65. The Labute approximate surface area is 149 Å². The number of ether oxygens (including phenoxy) is 1. The van der Waals surface area contributed by atoms with Crippen molar-refractivity contribution < 1.29 is 4.74 Å². The lowest BCUT2D eigenvalue weighted by Crippen LogP contribution is -2.48. The lowest BCUT2D eigenvalue weighted by molar-refractivity contribution is -0.147. The Balaban J connectivity index is 2.47. The molecule has 2 rings (SSSR count). The summed E-state index contributed by atoms with van der Waals surface area (Å²) in [5.74, 6) is 0.564. The van der Waals surface area contributed by atoms with E-state index in [-0.39, 0.29) is 11.0 Å². The van der Waals surface area contributed by atoms with Crippen molar-refractivity contribution in [1.82, 2.24) is 4.90 Å². The van der Waals surface area contributed by atoms with E-state index >= 15 is 0 Å². The summed E-state index contributed by atoms with van der Waals surface area (Å²) in [6, 6.07) is 8.99. The molecular formula is C22H37NO. The molecule has 2 heteroatoms. The van der Waals surface area contributed by atoms with Gasteiger partial charge in [0.05, 0.1) is 12.2 Å². The number of hydrogen-bond acceptors (Lipinski definition) is 2. The van der Waals surface area contributed by atoms with E-state index in [2.05, 4.69) is 71.0 Å². The predicted molar refractivity (Wildman–Crippen MR) is 103 cm³/mol. The quantitative estimate of drug-likeness (QED) is 0.705. The van der Waals surface area contributed by atoms with Crippen molar-refractivity contribution in [3.63, 3.8) is 0 Å². The van der Waals surface area contributed by atoms with Crippen LogP contribution in [0.15, 0.2) is 24.3 Å². The normalized spacial score (nSPS) is 25.2. The van der Waals surface area contributed by atoms with Gasteiger partial charge in [0.2, 0.25) is 0 Å². The van der Waals surface area contributed by atoms with Gasteiger partial charge in [0.25, 0.3) is 0 Å². The third kappa shape index (κ3) is 4.21. The molecule has 1 fully saturated rings. The standard InChI is InChI=1S/C22H37NO/c1-7-18-12-8-9-13-19(18)22(24-17-16-23(5)6)15-11-10-14-20(22)21(2,3)4/h8-9,12-13,20H,7,10-11,14-17H2,1-6H3. The maximum atomic E-state index is 6.81. The highest BCUT2D eigenvalue weighted by molar-refractivity contribution is 5.34. The van der Waals surface area contributed by atoms with Crippen molar-refractivity contribution in [2.75, 3.05) is 27.2 Å². The minimum Gasteiger partial charge on any atom is -0.369 e. The SMILES string of the molecule is CCc1ccccc1C1(OCCN(C)C)CCCCC1C(C)(C)C. The fraction of sp³-hybridized carbons (Fsp3) is 0.727. The second-order valence-corrected chi connectivity index (χ2v) is 8.72. The van der Waals surface area contributed by atoms with Gasteiger partial charge in [0.1, 0.15) is 0 Å². The molecular weight excluding hydrogens is 294 g/mol. The van der Waals surface area contributed by atoms with Crippen molar-refractivity contribution in [3.8, 4) is 0 Å². The molecule has 0 amide bonds. The number of likely N-dealkylation sites (N-methyl/N-ethyl adjacent to an activating group) is 1. The third-order valence-electron chi connectivity index (χ3n) is 5.65. The van der Waals surface area contributed by atoms with Crippen LogP contribution in [-0.2, 0) is 16.8 Å². The maximum Gasteiger partial charge on any atom is 0.0967 e. The Morgan fingerprint density at radius 2 is 1.88 bits per heavy atom. The zero-order valence-corrected chi connectivity index (χ0v) is 16.7. The fourth-order valence-corrected chi connectivity index (χ4v) is 4.50. The number of rotatable bonds is 6. The molecule has 1 aromatic carbocycles. The van der Waals surface area contributed by atoms with Crippen LogP contribution in [0.4, 0.5) is 0 Å². The molecule has 2 nitrogen and oxygen atoms in total. The first-order chi connectivity index (χ1) is 11.3. The molecule has 0 aliphatic heterocycles. The lowest BCUT2D eigenvalue weighted by Gasteiger charge is -2.51. The highest BCUT2D eigenvalue weighted by Gasteiger charge is 2.48. The topological polar surface area (TPSA) is 12.5 Å². The molecule has 136 valence electrons. The van der Waals surface area contributed by atoms with Crippen LogP contribution in [0.1, 0.15) is 64.5 Å². The molecule has 0 heterocycles. The molecule has 0 N–H and O–H groups in total. The van der Waals surface area contributed by atoms with Gasteiger partial charge >= 0.3 is 0 Å². The van der Waals surface area contributed by atoms with Crippen LogP contribution in [0.3, 0.4) is 0 Å². The van der Waals surface area contributed by atoms with E-state index in [0.717, 1.165) is 26.0 Å². The fourth-order valence-electron chi connectivity index (χ4n) is 4.50. The highest BCUT2D eigenvalue weighted by atomic mass is 16.5. The molecule has 1 aromatic rings. The first kappa shape index (κ1) is 19.5. The molecule has 0 aromatic heterocycles. The number of nitrogens with zero attached hydrogens (tertiary/aromatic N) is 1. The average Bonchev–Trinajstić information content (AvgIpc) is 2.54. The van der Waals surface area contributed by atoms with Crippen molar-refractivity contribution >= 4 is 0 Å². The van der Waals surface area contributed by atoms with Crippen molar-refractivity contribution in [2.24, 2.45) is 11.3 Å². The Morgan fingerprint density at radius 3 is 2.50 bits per heavy atom. The van der Waals surface area contributed by atoms with E-state index in [1.807, 2.05) is 0 Å². The van der Waals surface area contributed by atoms with Crippen molar-refractivity contribution in [3.05, 3.63) is 35.4 Å². The van der Waals surface area contributed by atoms with E-state index in [0.29, 0.717) is 5.92 Å². The van der Waals surface area contributed by atoms with Gasteiger partial charge in [-0.3, -0.25) is 0 Å². The second-order valence-electron chi connectivity index (χ2n) is 8.72. The van der Waals surface area contributed by atoms with Crippen LogP contribution < -0.4 is 0 Å². The van der Waals surface area contributed by atoms with Crippen LogP contribution >= 0.6 is 0 Å². The zero-order chi connectivity index (χ0) is 17.8. The maximum absolute atomic E-state index is 6.81. The van der Waals surface area contributed by atoms with Gasteiger partial charge in [0.15, 0.2) is 0 Å². The molecule has 2 atom stereocenters. The smallest absolute Gasteiger partial charge is 0.0967 e. The molecule has 0 spiro atoms. The minimum absolute atomic E-state index is 0.126. The van der Waals surface area contributed by atoms with Crippen LogP contribution in [0.5, 0.6) is 0 Å². The lowest BCUT2D eigenvalue weighted by atomic mass is 9.60. The summed E-state index contributed by atoms with van der Waals surface area (Å²) < 4.78 is 6.81. The van der Waals surface area contributed by atoms with Crippen LogP contribution in [0.25, 0.3) is 0 Å². The summed E-state index contributed by atoms with van der Waals surface area (Å²) in [4.78, 5) is 2.22. The Morgan fingerprint density at radius 1 is 1.17 bits per heavy atom. The Hall–Kier alpha value is -0.860. The van der Waals surface area contributed by atoms with Crippen LogP contribution in [0.2, 0.25) is 0 Å². The summed E-state index contributed by atoms with van der Waals surface area (Å²) in [6.07, 6.45) is 6.09. The van der Waals surface area contributed by atoms with Gasteiger partial charge in [-0.25, -0.2) is 0 Å². The summed E-state index contributed by atoms with van der Waals surface area (Å²) >= 11 is 0. The van der Waals surface area contributed by atoms with Gasteiger partial charge in [-0.05, 0) is 55.8 Å². The largest absolute Gasteiger partial charge is 0.369 e. The molecule has 1 aliphatic carbocycles. The Bertz CT molecular complexity index is 517. The summed E-state index contributed by atoms with van der Waals surface area (Å²) in [7, 11) is 4.25. The van der Waals surface area contributed by atoms with Crippen LogP contribution in [0, 0.1) is 11.3 Å². The molecule has 1 aliphatic rings. The molecule has 1 saturated carbocycles. The van der Waals surface area contributed by atoms with Crippen molar-refractivity contribution in [1.29, 1.82) is 0 Å². The summed E-state index contributed by atoms with van der Waals surface area (Å²) in [5, 5.41) is 0. The number of aryl methyl sites for hydroxylation is 1. The first-order valence-corrected chi connectivity index (χ1v) is 9.68. The van der Waals surface area contributed by atoms with E-state index < -0.39 is 0 Å². The van der Waals surface area contributed by atoms with E-state index in [1.165, 1.54) is 30.4 Å². The zero-order valence-electron chi connectivity index (χ0n) is 16.7. The molecule has 24 heavy (non-hydrogen) atoms. The number of hydrogen-bond donors (Lipinski definition) is 0. The minimum atomic E-state index is -0.126. The first-order valence-electron chi connectivity index (χ1n) is 9.68. The number of benzene rings is 1. The monoisotopic (exact) mass is 331 g/mol. The van der Waals surface area contributed by atoms with Gasteiger partial charge in [-0.1, -0.05) is 64.8 Å². The van der Waals surface area contributed by atoms with E-state index in [9.17, 15) is 0 Å². The molecule has 0 radical (unpaired) electrons. The Kier molecular flexibility index (Phi) is 6.50. The summed E-state index contributed by atoms with van der Waals surface area (Å²) in [6.45, 7) is 11.2. The molecule has 2 unspecified atom stereocenters. The predicted octanol–water partition coefficient (Wildman–Crippen LogP) is 5.26. The van der Waals surface area contributed by atoms with Gasteiger partial charge < -0.3 is 9.64 Å². The molecule has 0 saturated heterocycles. The van der Waals surface area contributed by atoms with E-state index in [4.69, 9.17) is 4.74 Å². The van der Waals surface area contributed by atoms with Crippen LogP contribution in [-0.4, -0.2) is 32.1 Å². The molecule has 0 bridgehead atoms. The second kappa shape index (κ2) is 8.01. The van der Waals surface area contributed by atoms with Gasteiger partial charge in [-0.15, -0.1) is 0 Å².